The van der Waals surface area contributed by atoms with Gasteiger partial charge in [0.05, 0.1) is 0 Å². The van der Waals surface area contributed by atoms with Crippen molar-refractivity contribution in [3.63, 3.8) is 0 Å². The zero-order valence-electron chi connectivity index (χ0n) is 16.6. The monoisotopic (exact) mass is 368 g/mol. The van der Waals surface area contributed by atoms with Crippen LogP contribution in [0, 0.1) is 0 Å². The molecule has 0 unspecified atom stereocenters. The number of hydrogen-bond acceptors (Lipinski definition) is 3. The van der Waals surface area contributed by atoms with Crippen molar-refractivity contribution in [3.8, 4) is 0 Å². The summed E-state index contributed by atoms with van der Waals surface area (Å²) in [6.07, 6.45) is 20.2. The van der Waals surface area contributed by atoms with Crippen LogP contribution in [0.1, 0.15) is 110 Å². The van der Waals surface area contributed by atoms with Gasteiger partial charge in [-0.05, 0) is 38.5 Å². The Morgan fingerprint density at radius 1 is 0.520 bits per heavy atom. The van der Waals surface area contributed by atoms with Crippen molar-refractivity contribution in [1.82, 2.24) is 0 Å². The standard InChI is InChI=1S/C21H40O3Si/c1-18(2)25(22-19-12-6-3-7-13-19,23-20-14-8-4-9-15-20)24-21-16-10-5-11-17-21/h18-21H,3-17H2,1-2H3. The smallest absolute Gasteiger partial charge is 0.370 e. The van der Waals surface area contributed by atoms with Gasteiger partial charge in [0.25, 0.3) is 0 Å². The van der Waals surface area contributed by atoms with Crippen LogP contribution in [0.5, 0.6) is 0 Å². The first kappa shape index (κ1) is 19.8. The zero-order chi connectivity index (χ0) is 17.5. The largest absolute Gasteiger partial charge is 0.504 e. The van der Waals surface area contributed by atoms with Crippen molar-refractivity contribution in [3.05, 3.63) is 0 Å². The second-order valence-corrected chi connectivity index (χ2v) is 12.0. The van der Waals surface area contributed by atoms with Gasteiger partial charge >= 0.3 is 8.80 Å². The Hall–Kier alpha value is 0.0969. The molecule has 0 radical (unpaired) electrons. The molecule has 146 valence electrons. The molecule has 0 aromatic carbocycles. The Morgan fingerprint density at radius 2 is 0.800 bits per heavy atom. The number of hydrogen-bond donors (Lipinski definition) is 0. The van der Waals surface area contributed by atoms with E-state index in [0.29, 0.717) is 23.9 Å². The van der Waals surface area contributed by atoms with Gasteiger partial charge in [-0.15, -0.1) is 0 Å². The Labute approximate surface area is 156 Å². The average molecular weight is 369 g/mol. The molecule has 3 nitrogen and oxygen atoms in total. The molecule has 0 spiro atoms. The van der Waals surface area contributed by atoms with Gasteiger partial charge in [-0.3, -0.25) is 0 Å². The Kier molecular flexibility index (Phi) is 7.83. The summed E-state index contributed by atoms with van der Waals surface area (Å²) in [5.74, 6) is 0. The van der Waals surface area contributed by atoms with Crippen LogP contribution in [0.3, 0.4) is 0 Å². The molecule has 3 aliphatic rings. The topological polar surface area (TPSA) is 27.7 Å². The summed E-state index contributed by atoms with van der Waals surface area (Å²) in [4.78, 5) is 0. The van der Waals surface area contributed by atoms with Gasteiger partial charge in [-0.1, -0.05) is 71.6 Å². The molecule has 4 heteroatoms. The molecule has 0 aromatic heterocycles. The highest BCUT2D eigenvalue weighted by molar-refractivity contribution is 6.62. The first-order valence-electron chi connectivity index (χ1n) is 11.2. The summed E-state index contributed by atoms with van der Waals surface area (Å²) in [6.45, 7) is 4.56. The highest BCUT2D eigenvalue weighted by Gasteiger charge is 2.50. The third-order valence-corrected chi connectivity index (χ3v) is 9.76. The fraction of sp³-hybridized carbons (Fsp3) is 1.00. The molecule has 0 bridgehead atoms. The quantitative estimate of drug-likeness (QED) is 0.488. The van der Waals surface area contributed by atoms with E-state index in [0.717, 1.165) is 0 Å². The summed E-state index contributed by atoms with van der Waals surface area (Å²) >= 11 is 0. The van der Waals surface area contributed by atoms with Crippen LogP contribution in [0.4, 0.5) is 0 Å². The minimum Gasteiger partial charge on any atom is -0.370 e. The van der Waals surface area contributed by atoms with Crippen LogP contribution < -0.4 is 0 Å². The van der Waals surface area contributed by atoms with Gasteiger partial charge in [0.2, 0.25) is 0 Å². The van der Waals surface area contributed by atoms with Crippen molar-refractivity contribution in [2.24, 2.45) is 0 Å². The van der Waals surface area contributed by atoms with E-state index in [2.05, 4.69) is 13.8 Å². The highest BCUT2D eigenvalue weighted by Crippen LogP contribution is 2.37. The highest BCUT2D eigenvalue weighted by atomic mass is 28.4. The van der Waals surface area contributed by atoms with Crippen molar-refractivity contribution < 1.29 is 13.3 Å². The molecule has 0 heterocycles. The maximum atomic E-state index is 6.84. The summed E-state index contributed by atoms with van der Waals surface area (Å²) in [7, 11) is -2.64. The van der Waals surface area contributed by atoms with E-state index in [9.17, 15) is 0 Å². The van der Waals surface area contributed by atoms with Crippen molar-refractivity contribution in [2.75, 3.05) is 0 Å². The number of rotatable bonds is 7. The SMILES string of the molecule is CC(C)[Si](OC1CCCCC1)(OC1CCCCC1)OC1CCCCC1. The van der Waals surface area contributed by atoms with Crippen LogP contribution in [0.15, 0.2) is 0 Å². The molecule has 0 N–H and O–H groups in total. The first-order chi connectivity index (χ1) is 12.2. The van der Waals surface area contributed by atoms with E-state index in [1.54, 1.807) is 0 Å². The lowest BCUT2D eigenvalue weighted by atomic mass is 9.98. The normalized spacial score (nSPS) is 25.6. The Bertz CT molecular complexity index is 319. The fourth-order valence-corrected chi connectivity index (χ4v) is 7.82. The van der Waals surface area contributed by atoms with E-state index in [4.69, 9.17) is 13.3 Å². The Balaban J connectivity index is 1.72. The van der Waals surface area contributed by atoms with Crippen molar-refractivity contribution in [2.45, 2.75) is 134 Å². The van der Waals surface area contributed by atoms with Gasteiger partial charge < -0.3 is 13.3 Å². The van der Waals surface area contributed by atoms with Crippen LogP contribution in [0.2, 0.25) is 5.54 Å². The minimum atomic E-state index is -2.64. The minimum absolute atomic E-state index is 0.360. The third kappa shape index (κ3) is 5.79. The Morgan fingerprint density at radius 3 is 1.04 bits per heavy atom. The van der Waals surface area contributed by atoms with Crippen molar-refractivity contribution >= 4 is 8.80 Å². The molecular weight excluding hydrogens is 328 g/mol. The maximum absolute atomic E-state index is 6.84. The van der Waals surface area contributed by atoms with Gasteiger partial charge in [0.15, 0.2) is 0 Å². The average Bonchev–Trinajstić information content (AvgIpc) is 2.64. The fourth-order valence-electron chi connectivity index (χ4n) is 4.74. The summed E-state index contributed by atoms with van der Waals surface area (Å²) < 4.78 is 20.5. The molecular formula is C21H40O3Si. The molecule has 0 atom stereocenters. The van der Waals surface area contributed by atoms with Crippen LogP contribution in [-0.2, 0) is 13.3 Å². The molecule has 3 fully saturated rings. The van der Waals surface area contributed by atoms with E-state index in [1.807, 2.05) is 0 Å². The van der Waals surface area contributed by atoms with Gasteiger partial charge in [-0.2, -0.15) is 0 Å². The maximum Gasteiger partial charge on any atom is 0.504 e. The molecule has 0 aliphatic heterocycles. The van der Waals surface area contributed by atoms with Crippen molar-refractivity contribution in [1.29, 1.82) is 0 Å². The summed E-state index contributed by atoms with van der Waals surface area (Å²) in [5, 5.41) is 0. The molecule has 3 saturated carbocycles. The van der Waals surface area contributed by atoms with Crippen LogP contribution in [-0.4, -0.2) is 27.1 Å². The second-order valence-electron chi connectivity index (χ2n) is 8.89. The molecule has 0 aromatic rings. The molecule has 0 saturated heterocycles. The van der Waals surface area contributed by atoms with Gasteiger partial charge in [0, 0.05) is 23.9 Å². The zero-order valence-corrected chi connectivity index (χ0v) is 17.6. The predicted molar refractivity (Wildman–Crippen MR) is 105 cm³/mol. The third-order valence-electron chi connectivity index (χ3n) is 6.36. The molecule has 3 rings (SSSR count). The van der Waals surface area contributed by atoms with E-state index >= 15 is 0 Å². The van der Waals surface area contributed by atoms with E-state index in [1.165, 1.54) is 96.3 Å². The van der Waals surface area contributed by atoms with Crippen LogP contribution in [0.25, 0.3) is 0 Å². The summed E-state index contributed by atoms with van der Waals surface area (Å²) in [6, 6.07) is 0. The van der Waals surface area contributed by atoms with Gasteiger partial charge in [-0.25, -0.2) is 0 Å². The van der Waals surface area contributed by atoms with E-state index in [-0.39, 0.29) is 0 Å². The predicted octanol–water partition coefficient (Wildman–Crippen LogP) is 6.38. The van der Waals surface area contributed by atoms with Gasteiger partial charge in [0.1, 0.15) is 0 Å². The molecule has 3 aliphatic carbocycles. The van der Waals surface area contributed by atoms with Crippen LogP contribution >= 0.6 is 0 Å². The molecule has 0 amide bonds. The second kappa shape index (κ2) is 9.87. The lowest BCUT2D eigenvalue weighted by molar-refractivity contribution is -0.0454. The lowest BCUT2D eigenvalue weighted by Gasteiger charge is -2.42. The summed E-state index contributed by atoms with van der Waals surface area (Å²) in [5.41, 5.74) is 0.360. The lowest BCUT2D eigenvalue weighted by Crippen LogP contribution is -2.55. The first-order valence-corrected chi connectivity index (χ1v) is 13.0. The van der Waals surface area contributed by atoms with E-state index < -0.39 is 8.80 Å². The molecule has 25 heavy (non-hydrogen) atoms.